The lowest BCUT2D eigenvalue weighted by Gasteiger charge is -2.18. The number of ether oxygens (including phenoxy) is 1. The number of thioether (sulfide) groups is 1. The van der Waals surface area contributed by atoms with Crippen LogP contribution in [-0.2, 0) is 0 Å². The van der Waals surface area contributed by atoms with Crippen LogP contribution in [0.2, 0.25) is 0 Å². The fourth-order valence-corrected chi connectivity index (χ4v) is 4.07. The first kappa shape index (κ1) is 19.1. The Labute approximate surface area is 176 Å². The van der Waals surface area contributed by atoms with Crippen molar-refractivity contribution in [2.24, 2.45) is 0 Å². The first-order chi connectivity index (χ1) is 13.7. The second-order valence-corrected chi connectivity index (χ2v) is 8.40. The Morgan fingerprint density at radius 3 is 2.96 bits per heavy atom. The minimum atomic E-state index is -0.412. The first-order valence-corrected chi connectivity index (χ1v) is 11.0. The standard InChI is InChI=1S/C20H20BrN5OS/c1-2-3-4-10-28-20-24-19-17(25-26-20)15-11-14(21)7-8-16(15)23-18(27-19)13-6-5-9-22-12-13/h5-9,11-12,18,23H,2-4,10H2,1H3. The zero-order valence-corrected chi connectivity index (χ0v) is 17.8. The van der Waals surface area contributed by atoms with E-state index in [1.165, 1.54) is 12.8 Å². The molecule has 3 aromatic rings. The van der Waals surface area contributed by atoms with Crippen LogP contribution < -0.4 is 10.1 Å². The Morgan fingerprint density at radius 2 is 2.14 bits per heavy atom. The number of halogens is 1. The van der Waals surface area contributed by atoms with E-state index in [1.807, 2.05) is 30.3 Å². The molecule has 0 spiro atoms. The lowest BCUT2D eigenvalue weighted by atomic mass is 10.1. The molecule has 1 N–H and O–H groups in total. The van der Waals surface area contributed by atoms with Gasteiger partial charge in [0.05, 0.1) is 0 Å². The Bertz CT molecular complexity index is 957. The number of pyridine rings is 1. The summed E-state index contributed by atoms with van der Waals surface area (Å²) >= 11 is 5.15. The van der Waals surface area contributed by atoms with E-state index in [9.17, 15) is 0 Å². The minimum absolute atomic E-state index is 0.412. The highest BCUT2D eigenvalue weighted by molar-refractivity contribution is 9.10. The number of anilines is 1. The molecule has 0 radical (unpaired) electrons. The van der Waals surface area contributed by atoms with Crippen LogP contribution in [-0.4, -0.2) is 25.9 Å². The lowest BCUT2D eigenvalue weighted by Crippen LogP contribution is -2.17. The molecule has 1 aromatic carbocycles. The van der Waals surface area contributed by atoms with Gasteiger partial charge in [-0.15, -0.1) is 10.2 Å². The number of aromatic nitrogens is 4. The SMILES string of the molecule is CCCCCSc1nnc2c(n1)OC(c1cccnc1)Nc1ccc(Br)cc1-2. The zero-order valence-electron chi connectivity index (χ0n) is 15.4. The maximum absolute atomic E-state index is 6.24. The van der Waals surface area contributed by atoms with Crippen molar-refractivity contribution in [1.82, 2.24) is 20.2 Å². The highest BCUT2D eigenvalue weighted by atomic mass is 79.9. The van der Waals surface area contributed by atoms with Gasteiger partial charge in [-0.3, -0.25) is 4.98 Å². The van der Waals surface area contributed by atoms with Crippen LogP contribution in [0.25, 0.3) is 11.3 Å². The third kappa shape index (κ3) is 4.28. The number of nitrogens with one attached hydrogen (secondary N) is 1. The van der Waals surface area contributed by atoms with Crippen molar-refractivity contribution in [3.05, 3.63) is 52.8 Å². The van der Waals surface area contributed by atoms with E-state index >= 15 is 0 Å². The lowest BCUT2D eigenvalue weighted by molar-refractivity contribution is 0.225. The molecule has 144 valence electrons. The van der Waals surface area contributed by atoms with Gasteiger partial charge in [-0.2, -0.15) is 4.98 Å². The topological polar surface area (TPSA) is 72.8 Å². The van der Waals surface area contributed by atoms with Crippen molar-refractivity contribution < 1.29 is 4.74 Å². The summed E-state index contributed by atoms with van der Waals surface area (Å²) < 4.78 is 7.20. The fourth-order valence-electron chi connectivity index (χ4n) is 2.93. The molecule has 2 aromatic heterocycles. The molecule has 1 atom stereocenters. The monoisotopic (exact) mass is 457 g/mol. The number of hydrogen-bond donors (Lipinski definition) is 1. The second-order valence-electron chi connectivity index (χ2n) is 6.42. The summed E-state index contributed by atoms with van der Waals surface area (Å²) in [6.45, 7) is 2.19. The number of fused-ring (bicyclic) bond motifs is 3. The smallest absolute Gasteiger partial charge is 0.247 e. The quantitative estimate of drug-likeness (QED) is 0.387. The molecule has 0 fully saturated rings. The molecule has 28 heavy (non-hydrogen) atoms. The minimum Gasteiger partial charge on any atom is -0.448 e. The van der Waals surface area contributed by atoms with Crippen molar-refractivity contribution in [2.75, 3.05) is 11.1 Å². The molecule has 0 saturated heterocycles. The predicted molar refractivity (Wildman–Crippen MR) is 114 cm³/mol. The summed E-state index contributed by atoms with van der Waals surface area (Å²) in [4.78, 5) is 8.88. The van der Waals surface area contributed by atoms with E-state index in [-0.39, 0.29) is 0 Å². The van der Waals surface area contributed by atoms with E-state index < -0.39 is 6.23 Å². The molecule has 1 unspecified atom stereocenters. The van der Waals surface area contributed by atoms with E-state index in [0.717, 1.165) is 33.5 Å². The third-order valence-corrected chi connectivity index (χ3v) is 5.77. The number of benzene rings is 1. The maximum Gasteiger partial charge on any atom is 0.247 e. The van der Waals surface area contributed by atoms with Crippen molar-refractivity contribution in [3.63, 3.8) is 0 Å². The van der Waals surface area contributed by atoms with Gasteiger partial charge in [-0.25, -0.2) is 0 Å². The Balaban J connectivity index is 1.71. The number of unbranched alkanes of at least 4 members (excludes halogenated alkanes) is 2. The van der Waals surface area contributed by atoms with E-state index in [1.54, 1.807) is 24.2 Å². The van der Waals surface area contributed by atoms with Crippen LogP contribution in [0.15, 0.2) is 52.4 Å². The third-order valence-electron chi connectivity index (χ3n) is 4.35. The molecular formula is C20H20BrN5OS. The molecule has 1 aliphatic heterocycles. The average molecular weight is 458 g/mol. The zero-order chi connectivity index (χ0) is 19.3. The van der Waals surface area contributed by atoms with Gasteiger partial charge >= 0.3 is 0 Å². The van der Waals surface area contributed by atoms with Gasteiger partial charge in [-0.1, -0.05) is 53.5 Å². The van der Waals surface area contributed by atoms with Crippen molar-refractivity contribution >= 4 is 33.4 Å². The summed E-state index contributed by atoms with van der Waals surface area (Å²) in [5.41, 5.74) is 3.36. The van der Waals surface area contributed by atoms with Crippen LogP contribution in [0.3, 0.4) is 0 Å². The average Bonchev–Trinajstić information content (AvgIpc) is 2.88. The van der Waals surface area contributed by atoms with Crippen LogP contribution in [0.5, 0.6) is 5.88 Å². The number of hydrogen-bond acceptors (Lipinski definition) is 7. The normalized spacial score (nSPS) is 15.0. The predicted octanol–water partition coefficient (Wildman–Crippen LogP) is 5.48. The van der Waals surface area contributed by atoms with E-state index in [0.29, 0.717) is 16.7 Å². The van der Waals surface area contributed by atoms with Gasteiger partial charge < -0.3 is 10.1 Å². The van der Waals surface area contributed by atoms with Crippen LogP contribution in [0, 0.1) is 0 Å². The maximum atomic E-state index is 6.24. The summed E-state index contributed by atoms with van der Waals surface area (Å²) in [6, 6.07) is 9.85. The Morgan fingerprint density at radius 1 is 1.21 bits per heavy atom. The van der Waals surface area contributed by atoms with Crippen LogP contribution >= 0.6 is 27.7 Å². The van der Waals surface area contributed by atoms with Crippen molar-refractivity contribution in [2.45, 2.75) is 37.6 Å². The second kappa shape index (κ2) is 8.87. The van der Waals surface area contributed by atoms with Crippen molar-refractivity contribution in [1.29, 1.82) is 0 Å². The molecular weight excluding hydrogens is 438 g/mol. The van der Waals surface area contributed by atoms with Gasteiger partial charge in [-0.05, 0) is 30.7 Å². The highest BCUT2D eigenvalue weighted by Crippen LogP contribution is 2.40. The first-order valence-electron chi connectivity index (χ1n) is 9.25. The molecule has 0 bridgehead atoms. The van der Waals surface area contributed by atoms with Crippen LogP contribution in [0.4, 0.5) is 5.69 Å². The van der Waals surface area contributed by atoms with Gasteiger partial charge in [0.1, 0.15) is 0 Å². The molecule has 8 heteroatoms. The van der Waals surface area contributed by atoms with Crippen molar-refractivity contribution in [3.8, 4) is 17.1 Å². The fraction of sp³-hybridized carbons (Fsp3) is 0.300. The molecule has 0 amide bonds. The molecule has 1 aliphatic rings. The molecule has 0 saturated carbocycles. The summed E-state index contributed by atoms with van der Waals surface area (Å²) in [5, 5.41) is 12.8. The van der Waals surface area contributed by atoms with Gasteiger partial charge in [0.15, 0.2) is 11.9 Å². The summed E-state index contributed by atoms with van der Waals surface area (Å²) in [6.07, 6.45) is 6.65. The van der Waals surface area contributed by atoms with Gasteiger partial charge in [0.25, 0.3) is 0 Å². The van der Waals surface area contributed by atoms with Crippen LogP contribution in [0.1, 0.15) is 38.0 Å². The number of rotatable bonds is 6. The van der Waals surface area contributed by atoms with E-state index in [2.05, 4.69) is 48.3 Å². The molecule has 6 nitrogen and oxygen atoms in total. The van der Waals surface area contributed by atoms with E-state index in [4.69, 9.17) is 4.74 Å². The Hall–Kier alpha value is -2.19. The highest BCUT2D eigenvalue weighted by Gasteiger charge is 2.26. The van der Waals surface area contributed by atoms with Gasteiger partial charge in [0, 0.05) is 39.4 Å². The Kier molecular flexibility index (Phi) is 6.07. The molecule has 0 aliphatic carbocycles. The largest absolute Gasteiger partial charge is 0.448 e. The molecule has 4 rings (SSSR count). The molecule has 3 heterocycles. The number of nitrogens with zero attached hydrogens (tertiary/aromatic N) is 4. The summed E-state index contributed by atoms with van der Waals surface area (Å²) in [7, 11) is 0. The van der Waals surface area contributed by atoms with Gasteiger partial charge in [0.2, 0.25) is 11.0 Å². The summed E-state index contributed by atoms with van der Waals surface area (Å²) in [5.74, 6) is 1.45.